The van der Waals surface area contributed by atoms with E-state index in [4.69, 9.17) is 0 Å². The van der Waals surface area contributed by atoms with E-state index in [0.717, 1.165) is 16.8 Å². The van der Waals surface area contributed by atoms with E-state index < -0.39 is 0 Å². The first-order valence-corrected chi connectivity index (χ1v) is 5.63. The average molecular weight is 228 g/mol. The normalized spacial score (nSPS) is 11.5. The smallest absolute Gasteiger partial charge is 0.168 e. The molecule has 0 saturated heterocycles. The van der Waals surface area contributed by atoms with E-state index in [9.17, 15) is 4.79 Å². The van der Waals surface area contributed by atoms with Gasteiger partial charge >= 0.3 is 0 Å². The maximum atomic E-state index is 12.2. The van der Waals surface area contributed by atoms with E-state index >= 15 is 0 Å². The number of hydrogen-bond acceptors (Lipinski definition) is 2. The van der Waals surface area contributed by atoms with Crippen LogP contribution in [0.5, 0.6) is 0 Å². The molecule has 0 aliphatic heterocycles. The second-order valence-electron chi connectivity index (χ2n) is 5.12. The number of aromatic nitrogens is 2. The predicted octanol–water partition coefficient (Wildman–Crippen LogP) is 3.31. The van der Waals surface area contributed by atoms with Gasteiger partial charge in [-0.2, -0.15) is 5.10 Å². The quantitative estimate of drug-likeness (QED) is 0.801. The molecule has 1 N–H and O–H groups in total. The highest BCUT2D eigenvalue weighted by atomic mass is 16.1. The fourth-order valence-electron chi connectivity index (χ4n) is 1.67. The maximum absolute atomic E-state index is 12.2. The van der Waals surface area contributed by atoms with E-state index in [-0.39, 0.29) is 11.2 Å². The summed E-state index contributed by atoms with van der Waals surface area (Å²) < 4.78 is 0. The van der Waals surface area contributed by atoms with Crippen LogP contribution in [0.3, 0.4) is 0 Å². The zero-order valence-corrected chi connectivity index (χ0v) is 10.3. The van der Waals surface area contributed by atoms with Crippen molar-refractivity contribution in [3.8, 4) is 11.3 Å². The van der Waals surface area contributed by atoms with E-state index in [0.29, 0.717) is 0 Å². The topological polar surface area (TPSA) is 45.8 Å². The second-order valence-corrected chi connectivity index (χ2v) is 5.12. The number of nitrogens with zero attached hydrogens (tertiary/aromatic N) is 1. The molecule has 0 radical (unpaired) electrons. The van der Waals surface area contributed by atoms with E-state index in [1.165, 1.54) is 0 Å². The Morgan fingerprint density at radius 2 is 2.00 bits per heavy atom. The Kier molecular flexibility index (Phi) is 2.84. The Balaban J connectivity index is 2.39. The molecule has 17 heavy (non-hydrogen) atoms. The summed E-state index contributed by atoms with van der Waals surface area (Å²) in [5.74, 6) is 0.148. The third kappa shape index (κ3) is 2.44. The van der Waals surface area contributed by atoms with Crippen LogP contribution in [0.15, 0.2) is 36.5 Å². The van der Waals surface area contributed by atoms with Crippen LogP contribution in [-0.4, -0.2) is 16.0 Å². The second kappa shape index (κ2) is 4.17. The number of H-pyrrole nitrogens is 1. The summed E-state index contributed by atoms with van der Waals surface area (Å²) in [4.78, 5) is 12.2. The summed E-state index contributed by atoms with van der Waals surface area (Å²) in [6, 6.07) is 9.48. The molecule has 0 saturated carbocycles. The van der Waals surface area contributed by atoms with Gasteiger partial charge in [-0.25, -0.2) is 0 Å². The number of hydrogen-bond donors (Lipinski definition) is 1. The summed E-state index contributed by atoms with van der Waals surface area (Å²) >= 11 is 0. The van der Waals surface area contributed by atoms with Crippen molar-refractivity contribution in [1.29, 1.82) is 0 Å². The summed E-state index contributed by atoms with van der Waals surface area (Å²) in [6.45, 7) is 5.78. The molecule has 3 nitrogen and oxygen atoms in total. The number of aromatic amines is 1. The number of carbonyl (C=O) groups is 1. The molecule has 88 valence electrons. The Morgan fingerprint density at radius 3 is 2.59 bits per heavy atom. The van der Waals surface area contributed by atoms with Crippen LogP contribution in [0, 0.1) is 5.41 Å². The molecule has 0 unspecified atom stereocenters. The Morgan fingerprint density at radius 1 is 1.24 bits per heavy atom. The summed E-state index contributed by atoms with van der Waals surface area (Å²) in [5.41, 5.74) is 2.19. The van der Waals surface area contributed by atoms with Gasteiger partial charge in [-0.3, -0.25) is 9.89 Å². The molecular weight excluding hydrogens is 212 g/mol. The van der Waals surface area contributed by atoms with Gasteiger partial charge in [0.15, 0.2) is 5.78 Å². The Labute approximate surface area is 101 Å². The monoisotopic (exact) mass is 228 g/mol. The largest absolute Gasteiger partial charge is 0.294 e. The average Bonchev–Trinajstić information content (AvgIpc) is 2.80. The first kappa shape index (κ1) is 11.6. The van der Waals surface area contributed by atoms with Gasteiger partial charge in [0.2, 0.25) is 0 Å². The van der Waals surface area contributed by atoms with Crippen LogP contribution in [0.1, 0.15) is 31.1 Å². The van der Waals surface area contributed by atoms with E-state index in [1.807, 2.05) is 51.1 Å². The minimum absolute atomic E-state index is 0.148. The molecule has 1 heterocycles. The zero-order chi connectivity index (χ0) is 12.5. The molecule has 0 aliphatic carbocycles. The van der Waals surface area contributed by atoms with Crippen LogP contribution in [0.25, 0.3) is 11.3 Å². The van der Waals surface area contributed by atoms with Gasteiger partial charge in [-0.1, -0.05) is 39.0 Å². The van der Waals surface area contributed by atoms with Crippen LogP contribution in [-0.2, 0) is 0 Å². The van der Waals surface area contributed by atoms with E-state index in [1.54, 1.807) is 6.20 Å². The van der Waals surface area contributed by atoms with Crippen molar-refractivity contribution in [1.82, 2.24) is 10.2 Å². The number of rotatable bonds is 2. The SMILES string of the molecule is CC(C)(C)C(=O)c1cccc(-c2cc[nH]n2)c1. The maximum Gasteiger partial charge on any atom is 0.168 e. The minimum Gasteiger partial charge on any atom is -0.294 e. The molecule has 0 amide bonds. The molecule has 1 aromatic heterocycles. The fourth-order valence-corrected chi connectivity index (χ4v) is 1.67. The first-order valence-electron chi connectivity index (χ1n) is 5.63. The van der Waals surface area contributed by atoms with Crippen LogP contribution in [0.2, 0.25) is 0 Å². The third-order valence-electron chi connectivity index (χ3n) is 2.60. The molecule has 0 fully saturated rings. The lowest BCUT2D eigenvalue weighted by Crippen LogP contribution is -2.20. The molecule has 0 aliphatic rings. The summed E-state index contributed by atoms with van der Waals surface area (Å²) in [5, 5.41) is 6.89. The lowest BCUT2D eigenvalue weighted by molar-refractivity contribution is 0.0858. The zero-order valence-electron chi connectivity index (χ0n) is 10.3. The molecule has 2 rings (SSSR count). The molecule has 0 atom stereocenters. The van der Waals surface area contributed by atoms with Crippen molar-refractivity contribution >= 4 is 5.78 Å². The van der Waals surface area contributed by atoms with Gasteiger partial charge in [-0.05, 0) is 12.1 Å². The lowest BCUT2D eigenvalue weighted by Gasteiger charge is -2.16. The summed E-state index contributed by atoms with van der Waals surface area (Å²) in [7, 11) is 0. The van der Waals surface area contributed by atoms with Gasteiger partial charge in [-0.15, -0.1) is 0 Å². The first-order chi connectivity index (χ1) is 7.98. The molecule has 0 bridgehead atoms. The highest BCUT2D eigenvalue weighted by Crippen LogP contribution is 2.24. The highest BCUT2D eigenvalue weighted by Gasteiger charge is 2.22. The third-order valence-corrected chi connectivity index (χ3v) is 2.60. The Hall–Kier alpha value is -1.90. The number of Topliss-reactive ketones (excluding diaryl/α,β-unsaturated/α-hetero) is 1. The van der Waals surface area contributed by atoms with Gasteiger partial charge in [0.25, 0.3) is 0 Å². The van der Waals surface area contributed by atoms with Gasteiger partial charge < -0.3 is 0 Å². The number of benzene rings is 1. The lowest BCUT2D eigenvalue weighted by atomic mass is 9.86. The predicted molar refractivity (Wildman–Crippen MR) is 67.8 cm³/mol. The van der Waals surface area contributed by atoms with Crippen molar-refractivity contribution in [3.05, 3.63) is 42.1 Å². The highest BCUT2D eigenvalue weighted by molar-refractivity contribution is 6.00. The number of nitrogens with one attached hydrogen (secondary N) is 1. The molecule has 2 aromatic rings. The van der Waals surface area contributed by atoms with Gasteiger partial charge in [0, 0.05) is 22.7 Å². The van der Waals surface area contributed by atoms with Crippen LogP contribution in [0.4, 0.5) is 0 Å². The van der Waals surface area contributed by atoms with Crippen LogP contribution < -0.4 is 0 Å². The number of carbonyl (C=O) groups excluding carboxylic acids is 1. The minimum atomic E-state index is -0.357. The van der Waals surface area contributed by atoms with E-state index in [2.05, 4.69) is 10.2 Å². The van der Waals surface area contributed by atoms with Gasteiger partial charge in [0.1, 0.15) is 0 Å². The van der Waals surface area contributed by atoms with Crippen molar-refractivity contribution in [2.24, 2.45) is 5.41 Å². The Bertz CT molecular complexity index is 521. The summed E-state index contributed by atoms with van der Waals surface area (Å²) in [6.07, 6.45) is 1.77. The standard InChI is InChI=1S/C14H16N2O/c1-14(2,3)13(17)11-6-4-5-10(9-11)12-7-8-15-16-12/h4-9H,1-3H3,(H,15,16). The number of ketones is 1. The molecule has 0 spiro atoms. The van der Waals surface area contributed by atoms with Crippen molar-refractivity contribution < 1.29 is 4.79 Å². The van der Waals surface area contributed by atoms with Crippen molar-refractivity contribution in [2.75, 3.05) is 0 Å². The van der Waals surface area contributed by atoms with Crippen molar-refractivity contribution in [2.45, 2.75) is 20.8 Å². The molecule has 1 aromatic carbocycles. The fraction of sp³-hybridized carbons (Fsp3) is 0.286. The molecule has 3 heteroatoms. The van der Waals surface area contributed by atoms with Gasteiger partial charge in [0.05, 0.1) is 5.69 Å². The van der Waals surface area contributed by atoms with Crippen LogP contribution >= 0.6 is 0 Å². The molecular formula is C14H16N2O. The van der Waals surface area contributed by atoms with Crippen molar-refractivity contribution in [3.63, 3.8) is 0 Å².